The topological polar surface area (TPSA) is 63.6 Å². The van der Waals surface area contributed by atoms with Gasteiger partial charge in [-0.25, -0.2) is 8.42 Å². The van der Waals surface area contributed by atoms with Crippen molar-refractivity contribution in [3.05, 3.63) is 59.7 Å². The predicted octanol–water partition coefficient (Wildman–Crippen LogP) is 5.99. The van der Waals surface area contributed by atoms with Gasteiger partial charge >= 0.3 is 0 Å². The summed E-state index contributed by atoms with van der Waals surface area (Å²) < 4.78 is 34.5. The molecule has 0 saturated heterocycles. The van der Waals surface area contributed by atoms with Crippen molar-refractivity contribution in [1.29, 1.82) is 0 Å². The molecule has 0 aromatic heterocycles. The van der Waals surface area contributed by atoms with Crippen molar-refractivity contribution in [2.75, 3.05) is 7.11 Å². The van der Waals surface area contributed by atoms with Crippen LogP contribution in [0.1, 0.15) is 54.9 Å². The Morgan fingerprint density at radius 2 is 1.75 bits per heavy atom. The zero-order valence-electron chi connectivity index (χ0n) is 22.0. The lowest BCUT2D eigenvalue weighted by atomic mass is 9.52. The van der Waals surface area contributed by atoms with Crippen LogP contribution in [0.25, 0.3) is 0 Å². The Bertz CT molecular complexity index is 1300. The highest BCUT2D eigenvalue weighted by Crippen LogP contribution is 2.65. The molecule has 192 valence electrons. The summed E-state index contributed by atoms with van der Waals surface area (Å²) in [6.45, 7) is 8.85. The number of aliphatic hydroxyl groups is 1. The molecule has 6 heteroatoms. The van der Waals surface area contributed by atoms with Crippen LogP contribution in [0.2, 0.25) is 19.6 Å². The van der Waals surface area contributed by atoms with E-state index in [4.69, 9.17) is 4.74 Å². The van der Waals surface area contributed by atoms with Crippen LogP contribution in [0.3, 0.4) is 0 Å². The zero-order chi connectivity index (χ0) is 25.9. The van der Waals surface area contributed by atoms with Gasteiger partial charge in [-0.15, -0.1) is 11.5 Å². The second-order valence-electron chi connectivity index (χ2n) is 12.2. The lowest BCUT2D eigenvalue weighted by Gasteiger charge is -2.53. The summed E-state index contributed by atoms with van der Waals surface area (Å²) in [5, 5.41) is 10.3. The summed E-state index contributed by atoms with van der Waals surface area (Å²) in [5.41, 5.74) is 5.35. The summed E-state index contributed by atoms with van der Waals surface area (Å²) in [6.07, 6.45) is 3.26. The van der Waals surface area contributed by atoms with E-state index in [-0.39, 0.29) is 35.2 Å². The molecule has 0 unspecified atom stereocenters. The molecule has 2 aromatic rings. The first-order chi connectivity index (χ1) is 17.0. The Labute approximate surface area is 217 Å². The monoisotopic (exact) mass is 522 g/mol. The summed E-state index contributed by atoms with van der Waals surface area (Å²) in [5.74, 6) is 4.53. The first-order valence-electron chi connectivity index (χ1n) is 13.1. The van der Waals surface area contributed by atoms with Crippen LogP contribution in [0.15, 0.2) is 53.4 Å². The van der Waals surface area contributed by atoms with Gasteiger partial charge in [-0.2, -0.15) is 0 Å². The molecule has 2 saturated carbocycles. The average Bonchev–Trinajstić information content (AvgIpc) is 3.15. The highest BCUT2D eigenvalue weighted by molar-refractivity contribution is 7.91. The third kappa shape index (κ3) is 4.14. The first-order valence-corrected chi connectivity index (χ1v) is 18.2. The molecule has 4 nitrogen and oxygen atoms in total. The van der Waals surface area contributed by atoms with E-state index in [9.17, 15) is 13.5 Å². The van der Waals surface area contributed by atoms with Gasteiger partial charge in [-0.3, -0.25) is 0 Å². The van der Waals surface area contributed by atoms with E-state index in [1.807, 2.05) is 18.2 Å². The number of methoxy groups -OCH3 is 1. The lowest BCUT2D eigenvalue weighted by molar-refractivity contribution is -0.0315. The van der Waals surface area contributed by atoms with Gasteiger partial charge in [0.2, 0.25) is 0 Å². The van der Waals surface area contributed by atoms with E-state index in [0.29, 0.717) is 10.6 Å². The van der Waals surface area contributed by atoms with Gasteiger partial charge in [0.05, 0.1) is 18.1 Å². The quantitative estimate of drug-likeness (QED) is 0.397. The molecule has 0 radical (unpaired) electrons. The number of hydrogen-bond acceptors (Lipinski definition) is 4. The van der Waals surface area contributed by atoms with Crippen LogP contribution < -0.4 is 4.74 Å². The zero-order valence-corrected chi connectivity index (χ0v) is 23.8. The molecule has 3 aliphatic rings. The van der Waals surface area contributed by atoms with E-state index in [1.54, 1.807) is 31.4 Å². The van der Waals surface area contributed by atoms with Crippen LogP contribution in [-0.4, -0.2) is 34.8 Å². The Morgan fingerprint density at radius 1 is 1.03 bits per heavy atom. The Morgan fingerprint density at radius 3 is 2.42 bits per heavy atom. The molecule has 0 amide bonds. The summed E-state index contributed by atoms with van der Waals surface area (Å²) in [7, 11) is -3.88. The van der Waals surface area contributed by atoms with E-state index in [1.165, 1.54) is 0 Å². The SMILES string of the molecule is COc1ccc2c(c1)[C@H](S(=O)(=O)c1ccccc1)[C@@H](C#C[Si](C)(C)C)[C@@H]1[C@@H]2CC[C@]2(C)[C@@H](O)CC[C@@H]12. The van der Waals surface area contributed by atoms with Gasteiger partial charge in [-0.1, -0.05) is 50.8 Å². The van der Waals surface area contributed by atoms with Crippen LogP contribution >= 0.6 is 0 Å². The molecule has 3 aliphatic carbocycles. The fraction of sp³-hybridized carbons (Fsp3) is 0.533. The molecule has 7 atom stereocenters. The number of rotatable bonds is 3. The van der Waals surface area contributed by atoms with Gasteiger partial charge in [0.15, 0.2) is 9.84 Å². The fourth-order valence-electron chi connectivity index (χ4n) is 7.28. The highest BCUT2D eigenvalue weighted by atomic mass is 32.2. The number of hydrogen-bond donors (Lipinski definition) is 1. The third-order valence-electron chi connectivity index (χ3n) is 9.04. The van der Waals surface area contributed by atoms with Crippen molar-refractivity contribution < 1.29 is 18.3 Å². The molecule has 5 rings (SSSR count). The average molecular weight is 523 g/mol. The van der Waals surface area contributed by atoms with Crippen molar-refractivity contribution in [1.82, 2.24) is 0 Å². The molecule has 36 heavy (non-hydrogen) atoms. The molecule has 0 bridgehead atoms. The van der Waals surface area contributed by atoms with Gasteiger partial charge in [0, 0.05) is 5.92 Å². The van der Waals surface area contributed by atoms with E-state index < -0.39 is 23.2 Å². The Balaban J connectivity index is 1.78. The normalized spacial score (nSPS) is 33.5. The van der Waals surface area contributed by atoms with Gasteiger partial charge in [0.25, 0.3) is 0 Å². The van der Waals surface area contributed by atoms with Crippen molar-refractivity contribution in [2.24, 2.45) is 23.2 Å². The van der Waals surface area contributed by atoms with Gasteiger partial charge < -0.3 is 9.84 Å². The molecular weight excluding hydrogens is 484 g/mol. The van der Waals surface area contributed by atoms with E-state index in [0.717, 1.165) is 36.8 Å². The number of aliphatic hydroxyl groups excluding tert-OH is 1. The maximum atomic E-state index is 14.4. The summed E-state index contributed by atoms with van der Waals surface area (Å²) in [4.78, 5) is 0.340. The molecule has 1 N–H and O–H groups in total. The largest absolute Gasteiger partial charge is 0.497 e. The molecular formula is C30H38O4SSi. The van der Waals surface area contributed by atoms with Gasteiger partial charge in [0.1, 0.15) is 19.1 Å². The van der Waals surface area contributed by atoms with Crippen LogP contribution in [0.4, 0.5) is 0 Å². The molecule has 2 fully saturated rings. The van der Waals surface area contributed by atoms with E-state index >= 15 is 0 Å². The summed E-state index contributed by atoms with van der Waals surface area (Å²) >= 11 is 0. The van der Waals surface area contributed by atoms with Crippen LogP contribution in [-0.2, 0) is 9.84 Å². The Kier molecular flexibility index (Phi) is 6.42. The third-order valence-corrected chi connectivity index (χ3v) is 12.1. The second-order valence-corrected chi connectivity index (χ2v) is 19.1. The number of benzene rings is 2. The van der Waals surface area contributed by atoms with E-state index in [2.05, 4.69) is 44.1 Å². The fourth-order valence-corrected chi connectivity index (χ4v) is 9.88. The maximum absolute atomic E-state index is 14.4. The molecule has 0 aliphatic heterocycles. The minimum absolute atomic E-state index is 0.0918. The molecule has 2 aromatic carbocycles. The van der Waals surface area contributed by atoms with Crippen LogP contribution in [0.5, 0.6) is 5.75 Å². The first kappa shape index (κ1) is 25.6. The number of ether oxygens (including phenoxy) is 1. The van der Waals surface area contributed by atoms with Crippen molar-refractivity contribution in [3.63, 3.8) is 0 Å². The number of sulfone groups is 1. The molecule has 0 spiro atoms. The standard InChI is InChI=1S/C30H38O4SSi/c1-30-17-15-23-22-12-11-20(34-2)19-25(22)29(35(32,33)21-9-7-6-8-10-21)24(16-18-36(3,4)5)28(23)26(30)13-14-27(30)31/h6-12,19,23-24,26-29,31H,13-15,17H2,1-5H3/t23-,24+,26+,27+,28+,29-,30+/m1/s1. The minimum atomic E-state index is -3.74. The smallest absolute Gasteiger partial charge is 0.186 e. The van der Waals surface area contributed by atoms with Crippen molar-refractivity contribution >= 4 is 17.9 Å². The highest BCUT2D eigenvalue weighted by Gasteiger charge is 2.60. The summed E-state index contributed by atoms with van der Waals surface area (Å²) in [6, 6.07) is 14.8. The van der Waals surface area contributed by atoms with Crippen molar-refractivity contribution in [2.45, 2.75) is 74.4 Å². The van der Waals surface area contributed by atoms with Crippen molar-refractivity contribution in [3.8, 4) is 17.2 Å². The minimum Gasteiger partial charge on any atom is -0.497 e. The van der Waals surface area contributed by atoms with Crippen LogP contribution in [0, 0.1) is 34.6 Å². The van der Waals surface area contributed by atoms with Gasteiger partial charge in [-0.05, 0) is 84.2 Å². The Hall–Kier alpha value is -2.07. The maximum Gasteiger partial charge on any atom is 0.186 e. The lowest BCUT2D eigenvalue weighted by Crippen LogP contribution is -2.49. The second kappa shape index (κ2) is 9.04. The number of fused-ring (bicyclic) bond motifs is 5. The molecule has 0 heterocycles. The predicted molar refractivity (Wildman–Crippen MR) is 146 cm³/mol.